The number of hydrogen-bond donors (Lipinski definition) is 1. The predicted molar refractivity (Wildman–Crippen MR) is 120 cm³/mol. The highest BCUT2D eigenvalue weighted by molar-refractivity contribution is 5.82. The normalized spacial score (nSPS) is 28.1. The van der Waals surface area contributed by atoms with Crippen LogP contribution in [0.5, 0.6) is 0 Å². The lowest BCUT2D eigenvalue weighted by Gasteiger charge is -2.23. The van der Waals surface area contributed by atoms with E-state index < -0.39 is 36.3 Å². The standard InChI is InChI=1S/C24H25FN6O3/c1-24(2)33-19-16(11-10-15-8-5-9-17(25)29-15)32-23(20(19)34-24)31-13-28-18-21(26-12-27-22(18)31)30-14-6-3-4-7-14/h5,8-9,12-14,16,19-20,23H,3-4,6-7H2,1-2H3,(H,26,27,30)/t16-,19-,20-,23-/m1/s1. The quantitative estimate of drug-likeness (QED) is 0.466. The second-order valence-electron chi connectivity index (χ2n) is 9.30. The number of fused-ring (bicyclic) bond motifs is 2. The third kappa shape index (κ3) is 3.90. The Hall–Kier alpha value is -3.13. The van der Waals surface area contributed by atoms with Gasteiger partial charge in [-0.05, 0) is 44.7 Å². The summed E-state index contributed by atoms with van der Waals surface area (Å²) in [4.78, 5) is 17.3. The number of halogens is 1. The van der Waals surface area contributed by atoms with Gasteiger partial charge < -0.3 is 19.5 Å². The second kappa shape index (κ2) is 8.27. The van der Waals surface area contributed by atoms with Crippen LogP contribution in [0.2, 0.25) is 0 Å². The van der Waals surface area contributed by atoms with Crippen LogP contribution in [0.15, 0.2) is 30.9 Å². The van der Waals surface area contributed by atoms with Gasteiger partial charge in [-0.2, -0.15) is 4.39 Å². The van der Waals surface area contributed by atoms with E-state index in [0.717, 1.165) is 18.7 Å². The van der Waals surface area contributed by atoms with Crippen molar-refractivity contribution in [2.75, 3.05) is 5.32 Å². The number of nitrogens with zero attached hydrogens (tertiary/aromatic N) is 5. The van der Waals surface area contributed by atoms with E-state index in [1.54, 1.807) is 18.5 Å². The average molecular weight is 465 g/mol. The first-order chi connectivity index (χ1) is 16.5. The summed E-state index contributed by atoms with van der Waals surface area (Å²) in [5, 5.41) is 3.52. The Bertz CT molecular complexity index is 1280. The van der Waals surface area contributed by atoms with E-state index in [1.807, 2.05) is 18.4 Å². The van der Waals surface area contributed by atoms with Crippen molar-refractivity contribution >= 4 is 17.0 Å². The van der Waals surface area contributed by atoms with Crippen LogP contribution in [0.3, 0.4) is 0 Å². The highest BCUT2D eigenvalue weighted by atomic mass is 19.1. The molecule has 3 aromatic heterocycles. The number of anilines is 1. The lowest BCUT2D eigenvalue weighted by molar-refractivity contribution is -0.190. The summed E-state index contributed by atoms with van der Waals surface area (Å²) < 4.78 is 33.9. The Balaban J connectivity index is 1.32. The third-order valence-corrected chi connectivity index (χ3v) is 6.42. The van der Waals surface area contributed by atoms with Crippen molar-refractivity contribution in [2.24, 2.45) is 0 Å². The molecule has 9 nitrogen and oxygen atoms in total. The van der Waals surface area contributed by atoms with E-state index in [4.69, 9.17) is 14.2 Å². The molecule has 0 spiro atoms. The van der Waals surface area contributed by atoms with Gasteiger partial charge in [-0.3, -0.25) is 4.57 Å². The van der Waals surface area contributed by atoms with Gasteiger partial charge in [0.05, 0.1) is 6.33 Å². The van der Waals surface area contributed by atoms with E-state index in [1.165, 1.54) is 25.2 Å². The van der Waals surface area contributed by atoms with Crippen LogP contribution >= 0.6 is 0 Å². The largest absolute Gasteiger partial charge is 0.365 e. The maximum absolute atomic E-state index is 13.5. The van der Waals surface area contributed by atoms with E-state index in [9.17, 15) is 4.39 Å². The van der Waals surface area contributed by atoms with E-state index in [-0.39, 0.29) is 0 Å². The molecule has 3 fully saturated rings. The van der Waals surface area contributed by atoms with Crippen molar-refractivity contribution in [1.29, 1.82) is 0 Å². The Morgan fingerprint density at radius 3 is 2.76 bits per heavy atom. The number of rotatable bonds is 3. The fourth-order valence-corrected chi connectivity index (χ4v) is 4.95. The Labute approximate surface area is 196 Å². The molecule has 34 heavy (non-hydrogen) atoms. The first kappa shape index (κ1) is 21.4. The zero-order valence-electron chi connectivity index (χ0n) is 18.9. The molecule has 0 radical (unpaired) electrons. The molecule has 0 amide bonds. The van der Waals surface area contributed by atoms with Crippen LogP contribution in [-0.4, -0.2) is 54.6 Å². The summed E-state index contributed by atoms with van der Waals surface area (Å²) in [5.74, 6) is 5.29. The van der Waals surface area contributed by atoms with Crippen molar-refractivity contribution in [3.8, 4) is 11.8 Å². The number of pyridine rings is 1. The van der Waals surface area contributed by atoms with Gasteiger partial charge in [-0.15, -0.1) is 0 Å². The molecule has 0 aromatic carbocycles. The minimum absolute atomic E-state index is 0.324. The zero-order chi connectivity index (χ0) is 23.3. The maximum Gasteiger partial charge on any atom is 0.214 e. The summed E-state index contributed by atoms with van der Waals surface area (Å²) in [6.07, 6.45) is 5.92. The number of ether oxygens (including phenoxy) is 3. The molecule has 2 aliphatic heterocycles. The molecule has 2 saturated heterocycles. The molecule has 10 heteroatoms. The number of imidazole rings is 1. The summed E-state index contributed by atoms with van der Waals surface area (Å²) in [5.41, 5.74) is 1.66. The molecule has 0 bridgehead atoms. The van der Waals surface area contributed by atoms with Crippen LogP contribution in [0.4, 0.5) is 10.2 Å². The van der Waals surface area contributed by atoms with Crippen molar-refractivity contribution in [2.45, 2.75) is 75.9 Å². The Morgan fingerprint density at radius 1 is 1.12 bits per heavy atom. The Kier molecular flexibility index (Phi) is 5.21. The topological polar surface area (TPSA) is 96.2 Å². The molecule has 176 valence electrons. The van der Waals surface area contributed by atoms with Gasteiger partial charge in [0, 0.05) is 6.04 Å². The lowest BCUT2D eigenvalue weighted by Crippen LogP contribution is -2.28. The van der Waals surface area contributed by atoms with Gasteiger partial charge in [0.15, 0.2) is 29.0 Å². The molecule has 3 aromatic rings. The summed E-state index contributed by atoms with van der Waals surface area (Å²) in [7, 11) is 0. The van der Waals surface area contributed by atoms with Gasteiger partial charge in [0.2, 0.25) is 5.95 Å². The zero-order valence-corrected chi connectivity index (χ0v) is 18.9. The van der Waals surface area contributed by atoms with Crippen LogP contribution in [-0.2, 0) is 14.2 Å². The van der Waals surface area contributed by atoms with Crippen LogP contribution in [0, 0.1) is 17.8 Å². The van der Waals surface area contributed by atoms with E-state index in [2.05, 4.69) is 37.1 Å². The van der Waals surface area contributed by atoms with E-state index in [0.29, 0.717) is 22.9 Å². The highest BCUT2D eigenvalue weighted by Gasteiger charge is 2.56. The molecular weight excluding hydrogens is 439 g/mol. The van der Waals surface area contributed by atoms with Crippen molar-refractivity contribution < 1.29 is 18.6 Å². The lowest BCUT2D eigenvalue weighted by atomic mass is 10.1. The molecule has 1 saturated carbocycles. The maximum atomic E-state index is 13.5. The summed E-state index contributed by atoms with van der Waals surface area (Å²) >= 11 is 0. The molecule has 1 N–H and O–H groups in total. The van der Waals surface area contributed by atoms with Crippen molar-refractivity contribution in [3.63, 3.8) is 0 Å². The minimum atomic E-state index is -0.797. The SMILES string of the molecule is CC1(C)O[C@@H]2[C@H](O1)[C@@H](C#Cc1cccc(F)n1)O[C@H]2n1cnc2c(NC3CCCC3)ncnc21. The molecule has 1 aliphatic carbocycles. The number of hydrogen-bond acceptors (Lipinski definition) is 8. The van der Waals surface area contributed by atoms with Crippen LogP contribution in [0.25, 0.3) is 11.2 Å². The van der Waals surface area contributed by atoms with E-state index >= 15 is 0 Å². The molecule has 0 unspecified atom stereocenters. The second-order valence-corrected chi connectivity index (χ2v) is 9.30. The highest BCUT2D eigenvalue weighted by Crippen LogP contribution is 2.43. The summed E-state index contributed by atoms with van der Waals surface area (Å²) in [6.45, 7) is 3.72. The fraction of sp³-hybridized carbons (Fsp3) is 0.500. The first-order valence-corrected chi connectivity index (χ1v) is 11.6. The smallest absolute Gasteiger partial charge is 0.214 e. The minimum Gasteiger partial charge on any atom is -0.365 e. The predicted octanol–water partition coefficient (Wildman–Crippen LogP) is 3.18. The summed E-state index contributed by atoms with van der Waals surface area (Å²) in [6, 6.07) is 4.90. The number of nitrogens with one attached hydrogen (secondary N) is 1. The van der Waals surface area contributed by atoms with Crippen molar-refractivity contribution in [1.82, 2.24) is 24.5 Å². The molecule has 5 heterocycles. The van der Waals surface area contributed by atoms with Crippen LogP contribution in [0.1, 0.15) is 51.5 Å². The van der Waals surface area contributed by atoms with Crippen LogP contribution < -0.4 is 5.32 Å². The fourth-order valence-electron chi connectivity index (χ4n) is 4.95. The third-order valence-electron chi connectivity index (χ3n) is 6.42. The monoisotopic (exact) mass is 464 g/mol. The molecule has 6 rings (SSSR count). The molecule has 3 aliphatic rings. The Morgan fingerprint density at radius 2 is 1.94 bits per heavy atom. The first-order valence-electron chi connectivity index (χ1n) is 11.6. The van der Waals surface area contributed by atoms with Gasteiger partial charge in [-0.1, -0.05) is 24.8 Å². The van der Waals surface area contributed by atoms with Gasteiger partial charge >= 0.3 is 0 Å². The molecular formula is C24H25FN6O3. The average Bonchev–Trinajstić information content (AvgIpc) is 3.57. The van der Waals surface area contributed by atoms with Crippen molar-refractivity contribution in [3.05, 3.63) is 42.5 Å². The van der Waals surface area contributed by atoms with Gasteiger partial charge in [0.25, 0.3) is 0 Å². The van der Waals surface area contributed by atoms with Gasteiger partial charge in [0.1, 0.15) is 30.3 Å². The van der Waals surface area contributed by atoms with Gasteiger partial charge in [-0.25, -0.2) is 19.9 Å². The molecule has 4 atom stereocenters. The number of aromatic nitrogens is 5.